The van der Waals surface area contributed by atoms with Crippen LogP contribution in [0.1, 0.15) is 51.9 Å². The van der Waals surface area contributed by atoms with E-state index in [4.69, 9.17) is 0 Å². The molecule has 1 N–H and O–H groups in total. The topological polar surface area (TPSA) is 29.1 Å². The number of rotatable bonds is 6. The molecule has 1 aliphatic rings. The van der Waals surface area contributed by atoms with Crippen LogP contribution in [0.15, 0.2) is 0 Å². The standard InChI is InChI=1S/C11H21NO/c1-2-3-4-5-8-11(13)10-7-6-9-12-10/h10,12H,2-9H2,1H3/t10-/m0/s1. The summed E-state index contributed by atoms with van der Waals surface area (Å²) in [5.74, 6) is 0.439. The van der Waals surface area contributed by atoms with Crippen molar-refractivity contribution in [3.05, 3.63) is 0 Å². The van der Waals surface area contributed by atoms with Gasteiger partial charge in [-0.2, -0.15) is 0 Å². The predicted octanol–water partition coefficient (Wildman–Crippen LogP) is 2.28. The summed E-state index contributed by atoms with van der Waals surface area (Å²) in [6.45, 7) is 3.23. The lowest BCUT2D eigenvalue weighted by atomic mass is 10.0. The summed E-state index contributed by atoms with van der Waals surface area (Å²) in [5, 5.41) is 3.25. The van der Waals surface area contributed by atoms with E-state index in [0.717, 1.165) is 25.8 Å². The Morgan fingerprint density at radius 3 is 2.85 bits per heavy atom. The van der Waals surface area contributed by atoms with Crippen LogP contribution in [0.4, 0.5) is 0 Å². The molecule has 1 aliphatic heterocycles. The molecule has 0 aromatic carbocycles. The predicted molar refractivity (Wildman–Crippen MR) is 54.8 cm³/mol. The molecule has 0 aromatic rings. The zero-order valence-corrected chi connectivity index (χ0v) is 8.64. The van der Waals surface area contributed by atoms with Crippen LogP contribution >= 0.6 is 0 Å². The van der Waals surface area contributed by atoms with Crippen LogP contribution in [-0.2, 0) is 4.79 Å². The highest BCUT2D eigenvalue weighted by molar-refractivity contribution is 5.84. The summed E-state index contributed by atoms with van der Waals surface area (Å²) in [6, 6.07) is 0.196. The van der Waals surface area contributed by atoms with E-state index >= 15 is 0 Å². The zero-order valence-electron chi connectivity index (χ0n) is 8.64. The van der Waals surface area contributed by atoms with Crippen LogP contribution in [0, 0.1) is 0 Å². The summed E-state index contributed by atoms with van der Waals surface area (Å²) >= 11 is 0. The molecule has 0 saturated carbocycles. The van der Waals surface area contributed by atoms with Gasteiger partial charge in [0, 0.05) is 6.42 Å². The molecule has 1 atom stereocenters. The van der Waals surface area contributed by atoms with Gasteiger partial charge in [0.05, 0.1) is 6.04 Å². The lowest BCUT2D eigenvalue weighted by Gasteiger charge is -2.07. The van der Waals surface area contributed by atoms with Crippen LogP contribution < -0.4 is 5.32 Å². The van der Waals surface area contributed by atoms with Gasteiger partial charge in [0.2, 0.25) is 0 Å². The molecule has 0 aliphatic carbocycles. The third kappa shape index (κ3) is 3.90. The monoisotopic (exact) mass is 183 g/mol. The Morgan fingerprint density at radius 2 is 2.23 bits per heavy atom. The van der Waals surface area contributed by atoms with Crippen LogP contribution in [0.3, 0.4) is 0 Å². The fourth-order valence-corrected chi connectivity index (χ4v) is 1.86. The third-order valence-electron chi connectivity index (χ3n) is 2.73. The van der Waals surface area contributed by atoms with Crippen molar-refractivity contribution in [1.29, 1.82) is 0 Å². The number of hydrogen-bond donors (Lipinski definition) is 1. The fraction of sp³-hybridized carbons (Fsp3) is 0.909. The Labute approximate surface area is 81.1 Å². The SMILES string of the molecule is CCCCCCC(=O)[C@@H]1CCCN1. The van der Waals surface area contributed by atoms with Crippen molar-refractivity contribution < 1.29 is 4.79 Å². The number of hydrogen-bond acceptors (Lipinski definition) is 2. The Morgan fingerprint density at radius 1 is 1.38 bits per heavy atom. The first-order valence-electron chi connectivity index (χ1n) is 5.60. The number of unbranched alkanes of at least 4 members (excludes halogenated alkanes) is 3. The summed E-state index contributed by atoms with van der Waals surface area (Å²) in [4.78, 5) is 11.5. The number of carbonyl (C=O) groups is 1. The van der Waals surface area contributed by atoms with Gasteiger partial charge in [-0.1, -0.05) is 26.2 Å². The first-order chi connectivity index (χ1) is 6.34. The Kier molecular flexibility index (Phi) is 5.06. The summed E-state index contributed by atoms with van der Waals surface area (Å²) < 4.78 is 0. The van der Waals surface area contributed by atoms with Gasteiger partial charge >= 0.3 is 0 Å². The molecule has 13 heavy (non-hydrogen) atoms. The van der Waals surface area contributed by atoms with Crippen molar-refractivity contribution in [3.63, 3.8) is 0 Å². The van der Waals surface area contributed by atoms with E-state index in [2.05, 4.69) is 12.2 Å². The van der Waals surface area contributed by atoms with Crippen molar-refractivity contribution in [2.24, 2.45) is 0 Å². The maximum absolute atomic E-state index is 11.5. The minimum Gasteiger partial charge on any atom is -0.307 e. The molecular formula is C11H21NO. The zero-order chi connectivity index (χ0) is 9.52. The Hall–Kier alpha value is -0.370. The second kappa shape index (κ2) is 6.14. The van der Waals surface area contributed by atoms with E-state index in [9.17, 15) is 4.79 Å². The van der Waals surface area contributed by atoms with Gasteiger partial charge < -0.3 is 5.32 Å². The lowest BCUT2D eigenvalue weighted by molar-refractivity contribution is -0.120. The summed E-state index contributed by atoms with van der Waals surface area (Å²) in [5.41, 5.74) is 0. The van der Waals surface area contributed by atoms with Gasteiger partial charge in [-0.3, -0.25) is 4.79 Å². The van der Waals surface area contributed by atoms with Gasteiger partial charge in [-0.15, -0.1) is 0 Å². The molecule has 0 aromatic heterocycles. The van der Waals surface area contributed by atoms with E-state index in [-0.39, 0.29) is 6.04 Å². The van der Waals surface area contributed by atoms with E-state index in [0.29, 0.717) is 5.78 Å². The van der Waals surface area contributed by atoms with Crippen molar-refractivity contribution >= 4 is 5.78 Å². The van der Waals surface area contributed by atoms with E-state index in [1.165, 1.54) is 25.7 Å². The maximum Gasteiger partial charge on any atom is 0.149 e. The van der Waals surface area contributed by atoms with E-state index in [1.807, 2.05) is 0 Å². The molecule has 2 heteroatoms. The average Bonchev–Trinajstić information content (AvgIpc) is 2.65. The van der Waals surface area contributed by atoms with Crippen LogP contribution in [0.2, 0.25) is 0 Å². The Balaban J connectivity index is 2.03. The second-order valence-electron chi connectivity index (χ2n) is 3.93. The van der Waals surface area contributed by atoms with Crippen molar-refractivity contribution in [1.82, 2.24) is 5.32 Å². The number of Topliss-reactive ketones (excluding diaryl/α,β-unsaturated/α-hetero) is 1. The highest BCUT2D eigenvalue weighted by Crippen LogP contribution is 2.10. The molecule has 0 unspecified atom stereocenters. The normalized spacial score (nSPS) is 22.1. The molecule has 2 nitrogen and oxygen atoms in total. The molecule has 76 valence electrons. The molecular weight excluding hydrogens is 162 g/mol. The Bertz CT molecular complexity index is 150. The maximum atomic E-state index is 11.5. The van der Waals surface area contributed by atoms with Crippen LogP contribution in [0.25, 0.3) is 0 Å². The molecule has 0 bridgehead atoms. The highest BCUT2D eigenvalue weighted by Gasteiger charge is 2.20. The molecule has 1 saturated heterocycles. The van der Waals surface area contributed by atoms with Crippen molar-refractivity contribution in [2.75, 3.05) is 6.54 Å². The average molecular weight is 183 g/mol. The molecule has 1 rings (SSSR count). The minimum atomic E-state index is 0.196. The fourth-order valence-electron chi connectivity index (χ4n) is 1.86. The largest absolute Gasteiger partial charge is 0.307 e. The van der Waals surface area contributed by atoms with Crippen molar-refractivity contribution in [2.45, 2.75) is 57.9 Å². The number of nitrogens with one attached hydrogen (secondary N) is 1. The smallest absolute Gasteiger partial charge is 0.149 e. The summed E-state index contributed by atoms with van der Waals surface area (Å²) in [7, 11) is 0. The van der Waals surface area contributed by atoms with Gasteiger partial charge in [0.1, 0.15) is 5.78 Å². The minimum absolute atomic E-state index is 0.196. The molecule has 0 radical (unpaired) electrons. The first kappa shape index (κ1) is 10.7. The third-order valence-corrected chi connectivity index (χ3v) is 2.73. The van der Waals surface area contributed by atoms with Crippen LogP contribution in [-0.4, -0.2) is 18.4 Å². The molecule has 0 spiro atoms. The van der Waals surface area contributed by atoms with E-state index in [1.54, 1.807) is 0 Å². The quantitative estimate of drug-likeness (QED) is 0.640. The number of ketones is 1. The van der Waals surface area contributed by atoms with Crippen LogP contribution in [0.5, 0.6) is 0 Å². The van der Waals surface area contributed by atoms with Gasteiger partial charge in [0.15, 0.2) is 0 Å². The number of carbonyl (C=O) groups excluding carboxylic acids is 1. The van der Waals surface area contributed by atoms with Gasteiger partial charge in [-0.25, -0.2) is 0 Å². The first-order valence-corrected chi connectivity index (χ1v) is 5.60. The van der Waals surface area contributed by atoms with E-state index < -0.39 is 0 Å². The molecule has 1 heterocycles. The second-order valence-corrected chi connectivity index (χ2v) is 3.93. The summed E-state index contributed by atoms with van der Waals surface area (Å²) in [6.07, 6.45) is 7.84. The molecule has 1 fully saturated rings. The van der Waals surface area contributed by atoms with Crippen molar-refractivity contribution in [3.8, 4) is 0 Å². The lowest BCUT2D eigenvalue weighted by Crippen LogP contribution is -2.30. The molecule has 0 amide bonds. The highest BCUT2D eigenvalue weighted by atomic mass is 16.1. The van der Waals surface area contributed by atoms with Gasteiger partial charge in [0.25, 0.3) is 0 Å². The van der Waals surface area contributed by atoms with Gasteiger partial charge in [-0.05, 0) is 25.8 Å².